The third-order valence-corrected chi connectivity index (χ3v) is 5.54. The second kappa shape index (κ2) is 13.8. The molecule has 1 aromatic heterocycles. The molecule has 10 N–H and O–H groups in total. The van der Waals surface area contributed by atoms with Crippen LogP contribution in [0.5, 0.6) is 5.75 Å². The van der Waals surface area contributed by atoms with Crippen LogP contribution in [-0.4, -0.2) is 79.7 Å². The number of phenols is 1. The van der Waals surface area contributed by atoms with Gasteiger partial charge in [0, 0.05) is 24.1 Å². The van der Waals surface area contributed by atoms with E-state index in [0.29, 0.717) is 11.3 Å². The number of nitrogens with zero attached hydrogens (tertiary/aromatic N) is 1. The molecule has 0 aliphatic rings. The molecule has 4 unspecified atom stereocenters. The summed E-state index contributed by atoms with van der Waals surface area (Å²) >= 11 is 4.06. The summed E-state index contributed by atoms with van der Waals surface area (Å²) in [5.74, 6) is -4.90. The van der Waals surface area contributed by atoms with Gasteiger partial charge in [-0.25, -0.2) is 9.78 Å². The van der Waals surface area contributed by atoms with Gasteiger partial charge in [-0.15, -0.1) is 0 Å². The topological polar surface area (TPSA) is 243 Å². The predicted octanol–water partition coefficient (Wildman–Crippen LogP) is -2.43. The van der Waals surface area contributed by atoms with E-state index in [1.165, 1.54) is 24.7 Å². The molecule has 14 nitrogen and oxygen atoms in total. The fourth-order valence-electron chi connectivity index (χ4n) is 3.22. The second-order valence-electron chi connectivity index (χ2n) is 8.13. The number of H-pyrrole nitrogens is 1. The Hall–Kier alpha value is -4.11. The van der Waals surface area contributed by atoms with E-state index in [4.69, 9.17) is 11.5 Å². The smallest absolute Gasteiger partial charge is 0.326 e. The molecule has 200 valence electrons. The van der Waals surface area contributed by atoms with Crippen LogP contribution in [0.1, 0.15) is 17.7 Å². The molecule has 4 atom stereocenters. The number of primary amides is 1. The van der Waals surface area contributed by atoms with E-state index in [-0.39, 0.29) is 24.3 Å². The predicted molar refractivity (Wildman–Crippen MR) is 133 cm³/mol. The van der Waals surface area contributed by atoms with Crippen molar-refractivity contribution in [3.8, 4) is 5.75 Å². The molecule has 0 aliphatic carbocycles. The summed E-state index contributed by atoms with van der Waals surface area (Å²) in [5.41, 5.74) is 12.2. The molecular weight excluding hydrogens is 506 g/mol. The Kier molecular flexibility index (Phi) is 10.9. The number of carbonyl (C=O) groups excluding carboxylic acids is 4. The molecular formula is C22H29N7O7S. The average Bonchev–Trinajstić information content (AvgIpc) is 3.35. The number of thiol groups is 1. The number of phenolic OH excluding ortho intramolecular Hbond substituents is 1. The number of hydrogen-bond acceptors (Lipinski definition) is 9. The monoisotopic (exact) mass is 535 g/mol. The van der Waals surface area contributed by atoms with Crippen molar-refractivity contribution in [2.75, 3.05) is 5.75 Å². The van der Waals surface area contributed by atoms with Crippen LogP contribution in [0.3, 0.4) is 0 Å². The maximum Gasteiger partial charge on any atom is 0.326 e. The third-order valence-electron chi connectivity index (χ3n) is 5.18. The average molecular weight is 536 g/mol. The number of benzene rings is 1. The number of aromatic hydroxyl groups is 1. The van der Waals surface area contributed by atoms with Crippen molar-refractivity contribution in [3.05, 3.63) is 48.0 Å². The first-order valence-electron chi connectivity index (χ1n) is 11.0. The minimum absolute atomic E-state index is 0.0547. The first kappa shape index (κ1) is 29.1. The van der Waals surface area contributed by atoms with E-state index in [9.17, 15) is 34.2 Å². The molecule has 1 aromatic carbocycles. The summed E-state index contributed by atoms with van der Waals surface area (Å²) < 4.78 is 0. The second-order valence-corrected chi connectivity index (χ2v) is 8.50. The van der Waals surface area contributed by atoms with Crippen molar-refractivity contribution < 1.29 is 34.2 Å². The SMILES string of the molecule is NC(=O)CC(NC(=O)C(CS)NC(=O)C(N)Cc1ccc(O)cc1)C(=O)NC(Cc1cnc[nH]1)C(=O)O. The third kappa shape index (κ3) is 9.46. The van der Waals surface area contributed by atoms with Gasteiger partial charge in [-0.2, -0.15) is 12.6 Å². The lowest BCUT2D eigenvalue weighted by Crippen LogP contribution is -2.58. The zero-order valence-corrected chi connectivity index (χ0v) is 20.5. The Morgan fingerprint density at radius 1 is 0.946 bits per heavy atom. The maximum atomic E-state index is 12.8. The van der Waals surface area contributed by atoms with Crippen LogP contribution in [-0.2, 0) is 36.8 Å². The Morgan fingerprint density at radius 2 is 1.54 bits per heavy atom. The van der Waals surface area contributed by atoms with Gasteiger partial charge < -0.3 is 42.6 Å². The molecule has 0 saturated carbocycles. The van der Waals surface area contributed by atoms with Crippen LogP contribution in [0.2, 0.25) is 0 Å². The number of aliphatic carboxylic acids is 1. The highest BCUT2D eigenvalue weighted by Crippen LogP contribution is 2.11. The fraction of sp³-hybridized carbons (Fsp3) is 0.364. The number of carboxylic acid groups (broad SMARTS) is 1. The molecule has 2 rings (SSSR count). The van der Waals surface area contributed by atoms with Crippen molar-refractivity contribution in [3.63, 3.8) is 0 Å². The largest absolute Gasteiger partial charge is 0.508 e. The Balaban J connectivity index is 2.03. The van der Waals surface area contributed by atoms with E-state index in [2.05, 4.69) is 38.5 Å². The van der Waals surface area contributed by atoms with E-state index < -0.39 is 60.2 Å². The summed E-state index contributed by atoms with van der Waals surface area (Å²) in [6, 6.07) is 0.894. The van der Waals surface area contributed by atoms with Crippen LogP contribution in [0.25, 0.3) is 0 Å². The zero-order chi connectivity index (χ0) is 27.5. The number of aromatic nitrogens is 2. The van der Waals surface area contributed by atoms with Crippen molar-refractivity contribution >= 4 is 42.2 Å². The van der Waals surface area contributed by atoms with Crippen LogP contribution in [0, 0.1) is 0 Å². The number of aromatic amines is 1. The number of carbonyl (C=O) groups is 5. The molecule has 0 aliphatic heterocycles. The van der Waals surface area contributed by atoms with Crippen molar-refractivity contribution in [2.45, 2.75) is 43.4 Å². The highest BCUT2D eigenvalue weighted by atomic mass is 32.1. The van der Waals surface area contributed by atoms with Crippen LogP contribution in [0.15, 0.2) is 36.8 Å². The van der Waals surface area contributed by atoms with E-state index in [0.717, 1.165) is 0 Å². The first-order chi connectivity index (χ1) is 17.5. The van der Waals surface area contributed by atoms with Gasteiger partial charge in [0.1, 0.15) is 23.9 Å². The number of amides is 4. The van der Waals surface area contributed by atoms with Crippen LogP contribution in [0.4, 0.5) is 0 Å². The quantitative estimate of drug-likeness (QED) is 0.117. The maximum absolute atomic E-state index is 12.8. The summed E-state index contributed by atoms with van der Waals surface area (Å²) in [6.07, 6.45) is 2.09. The number of carboxylic acids is 1. The number of imidazole rings is 1. The number of rotatable bonds is 14. The van der Waals surface area contributed by atoms with Crippen molar-refractivity contribution in [1.29, 1.82) is 0 Å². The molecule has 15 heteroatoms. The van der Waals surface area contributed by atoms with E-state index >= 15 is 0 Å². The Bertz CT molecular complexity index is 1100. The Morgan fingerprint density at radius 3 is 2.08 bits per heavy atom. The first-order valence-corrected chi connectivity index (χ1v) is 11.7. The molecule has 1 heterocycles. The summed E-state index contributed by atoms with van der Waals surface area (Å²) in [5, 5.41) is 25.8. The summed E-state index contributed by atoms with van der Waals surface area (Å²) in [4.78, 5) is 67.7. The minimum atomic E-state index is -1.52. The molecule has 37 heavy (non-hydrogen) atoms. The normalized spacial score (nSPS) is 14.0. The van der Waals surface area contributed by atoms with Gasteiger partial charge in [-0.05, 0) is 24.1 Å². The highest BCUT2D eigenvalue weighted by molar-refractivity contribution is 7.80. The lowest BCUT2D eigenvalue weighted by molar-refractivity contribution is -0.142. The molecule has 0 bridgehead atoms. The van der Waals surface area contributed by atoms with E-state index in [1.54, 1.807) is 12.1 Å². The number of nitrogens with one attached hydrogen (secondary N) is 4. The highest BCUT2D eigenvalue weighted by Gasteiger charge is 2.31. The lowest BCUT2D eigenvalue weighted by Gasteiger charge is -2.24. The Labute approximate surface area is 217 Å². The van der Waals surface area contributed by atoms with Gasteiger partial charge in [-0.3, -0.25) is 19.2 Å². The molecule has 4 amide bonds. The number of nitrogens with two attached hydrogens (primary N) is 2. The standard InChI is InChI=1S/C22H29N7O7S/c23-14(5-11-1-3-13(30)4-2-11)19(32)29-17(9-37)21(34)27-15(7-18(24)31)20(33)28-16(22(35)36)6-12-8-25-10-26-12/h1-4,8,10,14-17,30,37H,5-7,9,23H2,(H2,24,31)(H,25,26)(H,27,34)(H,28,33)(H,29,32)(H,35,36). The van der Waals surface area contributed by atoms with Gasteiger partial charge in [0.2, 0.25) is 23.6 Å². The van der Waals surface area contributed by atoms with E-state index in [1.807, 2.05) is 0 Å². The molecule has 0 radical (unpaired) electrons. The van der Waals surface area contributed by atoms with Crippen molar-refractivity contribution in [1.82, 2.24) is 25.9 Å². The lowest BCUT2D eigenvalue weighted by atomic mass is 10.1. The fourth-order valence-corrected chi connectivity index (χ4v) is 3.48. The van der Waals surface area contributed by atoms with Gasteiger partial charge >= 0.3 is 5.97 Å². The van der Waals surface area contributed by atoms with Gasteiger partial charge in [-0.1, -0.05) is 12.1 Å². The number of hydrogen-bond donors (Lipinski definition) is 9. The van der Waals surface area contributed by atoms with Crippen LogP contribution < -0.4 is 27.4 Å². The van der Waals surface area contributed by atoms with Gasteiger partial charge in [0.25, 0.3) is 0 Å². The van der Waals surface area contributed by atoms with Gasteiger partial charge in [0.05, 0.1) is 18.8 Å². The molecule has 0 fully saturated rings. The van der Waals surface area contributed by atoms with Crippen molar-refractivity contribution in [2.24, 2.45) is 11.5 Å². The molecule has 2 aromatic rings. The minimum Gasteiger partial charge on any atom is -0.508 e. The zero-order valence-electron chi connectivity index (χ0n) is 19.6. The molecule has 0 spiro atoms. The summed E-state index contributed by atoms with van der Waals surface area (Å²) in [6.45, 7) is 0. The van der Waals surface area contributed by atoms with Crippen LogP contribution >= 0.6 is 12.6 Å². The van der Waals surface area contributed by atoms with Gasteiger partial charge in [0.15, 0.2) is 0 Å². The molecule has 0 saturated heterocycles. The summed E-state index contributed by atoms with van der Waals surface area (Å²) in [7, 11) is 0.